The zero-order chi connectivity index (χ0) is 16.8. The van der Waals surface area contributed by atoms with Gasteiger partial charge in [0.05, 0.1) is 6.61 Å². The fourth-order valence-corrected chi connectivity index (χ4v) is 3.89. The summed E-state index contributed by atoms with van der Waals surface area (Å²) in [7, 11) is 0. The number of hydrogen-bond donors (Lipinski definition) is 0. The molecule has 3 nitrogen and oxygen atoms in total. The number of carbonyl (C=O) groups excluding carboxylic acids is 1. The van der Waals surface area contributed by atoms with Gasteiger partial charge >= 0.3 is 5.97 Å². The molecule has 25 heavy (non-hydrogen) atoms. The smallest absolute Gasteiger partial charge is 0.372 e. The van der Waals surface area contributed by atoms with Gasteiger partial charge in [0.1, 0.15) is 4.70 Å². The summed E-state index contributed by atoms with van der Waals surface area (Å²) < 4.78 is 8.60. The number of rotatable bonds is 7. The highest BCUT2D eigenvalue weighted by Gasteiger charge is 2.23. The van der Waals surface area contributed by atoms with E-state index >= 15 is 0 Å². The molecule has 0 saturated carbocycles. The van der Waals surface area contributed by atoms with Crippen LogP contribution in [0.3, 0.4) is 0 Å². The molecule has 0 spiro atoms. The topological polar surface area (TPSA) is 30.2 Å². The van der Waals surface area contributed by atoms with Gasteiger partial charge in [-0.05, 0) is 24.5 Å². The van der Waals surface area contributed by atoms with Crippen molar-refractivity contribution < 1.29 is 31.1 Å². The third kappa shape index (κ3) is 5.13. The summed E-state index contributed by atoms with van der Waals surface area (Å²) >= 11 is 1.76. The van der Waals surface area contributed by atoms with E-state index in [1.54, 1.807) is 11.3 Å². The van der Waals surface area contributed by atoms with Crippen molar-refractivity contribution >= 4 is 27.5 Å². The van der Waals surface area contributed by atoms with E-state index in [9.17, 15) is 4.79 Å². The summed E-state index contributed by atoms with van der Waals surface area (Å²) in [5.74, 6) is -0.161. The van der Waals surface area contributed by atoms with Gasteiger partial charge in [-0.3, -0.25) is 0 Å². The highest BCUT2D eigenvalue weighted by Crippen LogP contribution is 2.21. The Morgan fingerprint density at radius 1 is 1.04 bits per heavy atom. The van der Waals surface area contributed by atoms with Crippen LogP contribution in [-0.2, 0) is 28.9 Å². The molecule has 0 N–H and O–H groups in total. The van der Waals surface area contributed by atoms with E-state index in [1.807, 2.05) is 25.1 Å². The predicted molar refractivity (Wildman–Crippen MR) is 97.1 cm³/mol. The SMILES string of the molecule is CCCOC(=O)C[n+]1c(CCc2ccccc2)sc2ccccc21.[Br-]. The molecular weight excluding hydrogens is 398 g/mol. The molecule has 0 aliphatic rings. The molecule has 2 aromatic carbocycles. The van der Waals surface area contributed by atoms with Crippen LogP contribution >= 0.6 is 11.3 Å². The van der Waals surface area contributed by atoms with Crippen LogP contribution in [0.5, 0.6) is 0 Å². The van der Waals surface area contributed by atoms with Crippen LogP contribution in [0.4, 0.5) is 0 Å². The van der Waals surface area contributed by atoms with Crippen LogP contribution in [-0.4, -0.2) is 12.6 Å². The Balaban J connectivity index is 0.00000225. The highest BCUT2D eigenvalue weighted by atomic mass is 79.9. The molecule has 3 aromatic rings. The number of hydrogen-bond acceptors (Lipinski definition) is 3. The van der Waals surface area contributed by atoms with E-state index in [4.69, 9.17) is 4.74 Å². The number of carbonyl (C=O) groups is 1. The summed E-state index contributed by atoms with van der Waals surface area (Å²) in [6.45, 7) is 2.78. The first-order valence-corrected chi connectivity index (χ1v) is 9.19. The molecule has 0 saturated heterocycles. The minimum Gasteiger partial charge on any atom is -1.00 e. The number of ether oxygens (including phenoxy) is 1. The van der Waals surface area contributed by atoms with Gasteiger partial charge in [0, 0.05) is 12.5 Å². The Morgan fingerprint density at radius 2 is 1.76 bits per heavy atom. The van der Waals surface area contributed by atoms with Gasteiger partial charge in [0.15, 0.2) is 0 Å². The maximum Gasteiger partial charge on any atom is 0.372 e. The minimum absolute atomic E-state index is 0. The number of aryl methyl sites for hydroxylation is 2. The first-order chi connectivity index (χ1) is 11.8. The van der Waals surface area contributed by atoms with Crippen molar-refractivity contribution in [2.45, 2.75) is 32.7 Å². The minimum atomic E-state index is -0.161. The molecular formula is C20H22BrNO2S. The maximum absolute atomic E-state index is 12.1. The van der Waals surface area contributed by atoms with Crippen LogP contribution in [0.2, 0.25) is 0 Å². The summed E-state index contributed by atoms with van der Waals surface area (Å²) in [5, 5.41) is 1.22. The second kappa shape index (κ2) is 9.68. The van der Waals surface area contributed by atoms with E-state index in [-0.39, 0.29) is 29.5 Å². The monoisotopic (exact) mass is 419 g/mol. The van der Waals surface area contributed by atoms with Gasteiger partial charge in [-0.15, -0.1) is 0 Å². The molecule has 0 aliphatic carbocycles. The zero-order valence-electron chi connectivity index (χ0n) is 14.3. The van der Waals surface area contributed by atoms with Gasteiger partial charge in [-0.25, -0.2) is 4.79 Å². The summed E-state index contributed by atoms with van der Waals surface area (Å²) in [6.07, 6.45) is 2.74. The van der Waals surface area contributed by atoms with Crippen molar-refractivity contribution in [3.05, 3.63) is 65.2 Å². The highest BCUT2D eigenvalue weighted by molar-refractivity contribution is 7.18. The molecule has 0 fully saturated rings. The normalized spacial score (nSPS) is 10.4. The summed E-state index contributed by atoms with van der Waals surface area (Å²) in [5.41, 5.74) is 2.43. The predicted octanol–water partition coefficient (Wildman–Crippen LogP) is 0.931. The standard InChI is InChI=1S/C20H22NO2S.BrH/c1-2-14-23-20(22)15-21-17-10-6-7-11-18(17)24-19(21)13-12-16-8-4-3-5-9-16;/h3-11H,2,12-15H2,1H3;1H/q+1;/p-1. The molecule has 0 atom stereocenters. The number of fused-ring (bicyclic) bond motifs is 1. The lowest BCUT2D eigenvalue weighted by molar-refractivity contribution is -0.663. The number of benzene rings is 2. The Morgan fingerprint density at radius 3 is 2.52 bits per heavy atom. The van der Waals surface area contributed by atoms with Crippen molar-refractivity contribution in [3.8, 4) is 0 Å². The fraction of sp³-hybridized carbons (Fsp3) is 0.300. The van der Waals surface area contributed by atoms with E-state index < -0.39 is 0 Å². The molecule has 0 amide bonds. The Kier molecular flexibility index (Phi) is 7.59. The van der Waals surface area contributed by atoms with E-state index in [0.29, 0.717) is 6.61 Å². The van der Waals surface area contributed by atoms with Crippen molar-refractivity contribution in [2.24, 2.45) is 0 Å². The molecule has 0 aliphatic heterocycles. The number of esters is 1. The molecule has 0 radical (unpaired) electrons. The Labute approximate surface area is 163 Å². The van der Waals surface area contributed by atoms with Crippen LogP contribution in [0.25, 0.3) is 10.2 Å². The number of aromatic nitrogens is 1. The number of para-hydroxylation sites is 1. The Hall–Kier alpha value is -1.72. The van der Waals surface area contributed by atoms with E-state index in [1.165, 1.54) is 15.3 Å². The van der Waals surface area contributed by atoms with Crippen LogP contribution in [0.1, 0.15) is 23.9 Å². The van der Waals surface area contributed by atoms with Crippen molar-refractivity contribution in [1.82, 2.24) is 0 Å². The number of nitrogens with zero attached hydrogens (tertiary/aromatic N) is 1. The van der Waals surface area contributed by atoms with Gasteiger partial charge in [0.2, 0.25) is 17.1 Å². The lowest BCUT2D eigenvalue weighted by atomic mass is 10.1. The van der Waals surface area contributed by atoms with Gasteiger partial charge in [-0.2, -0.15) is 4.57 Å². The zero-order valence-corrected chi connectivity index (χ0v) is 16.7. The first kappa shape index (κ1) is 19.6. The van der Waals surface area contributed by atoms with Gasteiger partial charge < -0.3 is 21.7 Å². The van der Waals surface area contributed by atoms with Crippen LogP contribution < -0.4 is 21.5 Å². The molecule has 3 rings (SSSR count). The van der Waals surface area contributed by atoms with E-state index in [2.05, 4.69) is 41.0 Å². The molecule has 0 bridgehead atoms. The lowest BCUT2D eigenvalue weighted by Gasteiger charge is -2.02. The second-order valence-electron chi connectivity index (χ2n) is 5.76. The molecule has 1 aromatic heterocycles. The lowest BCUT2D eigenvalue weighted by Crippen LogP contribution is -3.00. The van der Waals surface area contributed by atoms with Gasteiger partial charge in [0.25, 0.3) is 0 Å². The summed E-state index contributed by atoms with van der Waals surface area (Å²) in [4.78, 5) is 12.1. The third-order valence-corrected chi connectivity index (χ3v) is 5.13. The van der Waals surface area contributed by atoms with Crippen molar-refractivity contribution in [3.63, 3.8) is 0 Å². The average Bonchev–Trinajstić information content (AvgIpc) is 2.97. The Bertz CT molecular complexity index is 817. The molecule has 1 heterocycles. The number of thiazole rings is 1. The first-order valence-electron chi connectivity index (χ1n) is 8.37. The van der Waals surface area contributed by atoms with Crippen molar-refractivity contribution in [2.75, 3.05) is 6.61 Å². The largest absolute Gasteiger partial charge is 1.00 e. The fourth-order valence-electron chi connectivity index (χ4n) is 2.73. The summed E-state index contributed by atoms with van der Waals surface area (Å²) in [6, 6.07) is 18.7. The van der Waals surface area contributed by atoms with E-state index in [0.717, 1.165) is 24.8 Å². The number of halogens is 1. The van der Waals surface area contributed by atoms with Crippen molar-refractivity contribution in [1.29, 1.82) is 0 Å². The maximum atomic E-state index is 12.1. The second-order valence-corrected chi connectivity index (χ2v) is 6.87. The quantitative estimate of drug-likeness (QED) is 0.421. The van der Waals surface area contributed by atoms with Gasteiger partial charge in [-0.1, -0.05) is 60.7 Å². The average molecular weight is 420 g/mol. The third-order valence-electron chi connectivity index (χ3n) is 3.91. The molecule has 5 heteroatoms. The molecule has 0 unspecified atom stereocenters. The van der Waals surface area contributed by atoms with Crippen LogP contribution in [0.15, 0.2) is 54.6 Å². The van der Waals surface area contributed by atoms with Crippen LogP contribution in [0, 0.1) is 0 Å². The molecule has 132 valence electrons.